The third-order valence-corrected chi connectivity index (χ3v) is 2.66. The van der Waals surface area contributed by atoms with Gasteiger partial charge in [-0.25, -0.2) is 0 Å². The first kappa shape index (κ1) is 12.0. The Morgan fingerprint density at radius 1 is 1.60 bits per heavy atom. The Kier molecular flexibility index (Phi) is 4.08. The van der Waals surface area contributed by atoms with E-state index in [-0.39, 0.29) is 16.7 Å². The zero-order chi connectivity index (χ0) is 11.4. The van der Waals surface area contributed by atoms with Crippen molar-refractivity contribution in [1.29, 1.82) is 0 Å². The summed E-state index contributed by atoms with van der Waals surface area (Å²) in [5.74, 6) is 0. The number of nitrogens with one attached hydrogen (secondary N) is 1. The summed E-state index contributed by atoms with van der Waals surface area (Å²) >= 11 is 3.22. The minimum Gasteiger partial charge on any atom is -0.377 e. The highest BCUT2D eigenvalue weighted by molar-refractivity contribution is 9.10. The van der Waals surface area contributed by atoms with Crippen LogP contribution in [0.2, 0.25) is 0 Å². The van der Waals surface area contributed by atoms with Crippen LogP contribution in [-0.4, -0.2) is 11.0 Å². The number of halogens is 1. The molecule has 0 bridgehead atoms. The van der Waals surface area contributed by atoms with Gasteiger partial charge in [-0.15, -0.1) is 0 Å². The fourth-order valence-corrected chi connectivity index (χ4v) is 1.49. The molecule has 5 heteroatoms. The summed E-state index contributed by atoms with van der Waals surface area (Å²) in [5.41, 5.74) is 0.669. The van der Waals surface area contributed by atoms with E-state index in [1.807, 2.05) is 13.8 Å². The standard InChI is InChI=1S/C10H13BrN2O2/c1-3-7(2)12-9-5-4-8(11)6-10(9)13(14)15/h4-7,12H,3H2,1-2H3/t7-/m0/s1. The Labute approximate surface area is 97.0 Å². The van der Waals surface area contributed by atoms with Crippen LogP contribution in [0, 0.1) is 10.1 Å². The van der Waals surface area contributed by atoms with E-state index in [1.165, 1.54) is 6.07 Å². The summed E-state index contributed by atoms with van der Waals surface area (Å²) in [6.07, 6.45) is 0.924. The molecule has 4 nitrogen and oxygen atoms in total. The van der Waals surface area contributed by atoms with Crippen LogP contribution in [0.3, 0.4) is 0 Å². The maximum atomic E-state index is 10.8. The van der Waals surface area contributed by atoms with Gasteiger partial charge in [0.05, 0.1) is 4.92 Å². The summed E-state index contributed by atoms with van der Waals surface area (Å²) in [4.78, 5) is 10.4. The Morgan fingerprint density at radius 3 is 2.80 bits per heavy atom. The molecule has 1 N–H and O–H groups in total. The summed E-state index contributed by atoms with van der Waals surface area (Å²) in [6, 6.07) is 5.24. The van der Waals surface area contributed by atoms with Crippen molar-refractivity contribution in [1.82, 2.24) is 0 Å². The molecule has 1 aromatic carbocycles. The lowest BCUT2D eigenvalue weighted by Crippen LogP contribution is -2.14. The lowest BCUT2D eigenvalue weighted by atomic mass is 10.2. The van der Waals surface area contributed by atoms with Crippen LogP contribution in [0.5, 0.6) is 0 Å². The molecule has 0 aromatic heterocycles. The molecule has 0 saturated carbocycles. The van der Waals surface area contributed by atoms with Crippen LogP contribution < -0.4 is 5.32 Å². The van der Waals surface area contributed by atoms with Gasteiger partial charge in [-0.1, -0.05) is 22.9 Å². The van der Waals surface area contributed by atoms with E-state index >= 15 is 0 Å². The van der Waals surface area contributed by atoms with Gasteiger partial charge in [0.2, 0.25) is 0 Å². The van der Waals surface area contributed by atoms with Gasteiger partial charge in [-0.3, -0.25) is 10.1 Å². The van der Waals surface area contributed by atoms with Crippen LogP contribution in [0.1, 0.15) is 20.3 Å². The molecule has 0 heterocycles. The normalized spacial score (nSPS) is 12.2. The minimum absolute atomic E-state index is 0.102. The second-order valence-corrected chi connectivity index (χ2v) is 4.29. The monoisotopic (exact) mass is 272 g/mol. The van der Waals surface area contributed by atoms with E-state index in [9.17, 15) is 10.1 Å². The van der Waals surface area contributed by atoms with Gasteiger partial charge in [0, 0.05) is 16.6 Å². The first-order valence-electron chi connectivity index (χ1n) is 4.75. The number of benzene rings is 1. The van der Waals surface area contributed by atoms with Crippen molar-refractivity contribution in [3.63, 3.8) is 0 Å². The maximum Gasteiger partial charge on any atom is 0.293 e. The zero-order valence-corrected chi connectivity index (χ0v) is 10.2. The van der Waals surface area contributed by atoms with Crippen molar-refractivity contribution in [2.45, 2.75) is 26.3 Å². The van der Waals surface area contributed by atoms with Crippen molar-refractivity contribution in [3.05, 3.63) is 32.8 Å². The number of nitro groups is 1. The Morgan fingerprint density at radius 2 is 2.27 bits per heavy atom. The van der Waals surface area contributed by atoms with Crippen molar-refractivity contribution in [2.24, 2.45) is 0 Å². The number of rotatable bonds is 4. The molecular formula is C10H13BrN2O2. The Balaban J connectivity index is 3.01. The van der Waals surface area contributed by atoms with E-state index in [0.29, 0.717) is 10.2 Å². The predicted molar refractivity (Wildman–Crippen MR) is 64.2 cm³/mol. The molecular weight excluding hydrogens is 260 g/mol. The molecule has 0 aliphatic carbocycles. The molecule has 0 radical (unpaired) electrons. The molecule has 82 valence electrons. The van der Waals surface area contributed by atoms with Gasteiger partial charge >= 0.3 is 0 Å². The lowest BCUT2D eigenvalue weighted by Gasteiger charge is -2.12. The molecule has 0 spiro atoms. The van der Waals surface area contributed by atoms with Gasteiger partial charge in [0.1, 0.15) is 5.69 Å². The molecule has 0 saturated heterocycles. The van der Waals surface area contributed by atoms with Crippen LogP contribution in [0.4, 0.5) is 11.4 Å². The second kappa shape index (κ2) is 5.11. The van der Waals surface area contributed by atoms with Gasteiger partial charge in [-0.05, 0) is 25.5 Å². The van der Waals surface area contributed by atoms with E-state index < -0.39 is 0 Å². The van der Waals surface area contributed by atoms with Crippen LogP contribution >= 0.6 is 15.9 Å². The average molecular weight is 273 g/mol. The largest absolute Gasteiger partial charge is 0.377 e. The van der Waals surface area contributed by atoms with Gasteiger partial charge in [0.25, 0.3) is 5.69 Å². The van der Waals surface area contributed by atoms with Crippen molar-refractivity contribution < 1.29 is 4.92 Å². The van der Waals surface area contributed by atoms with E-state index in [0.717, 1.165) is 6.42 Å². The predicted octanol–water partition coefficient (Wildman–Crippen LogP) is 3.57. The lowest BCUT2D eigenvalue weighted by molar-refractivity contribution is -0.384. The van der Waals surface area contributed by atoms with Gasteiger partial charge in [0.15, 0.2) is 0 Å². The molecule has 1 rings (SSSR count). The van der Waals surface area contributed by atoms with Gasteiger partial charge < -0.3 is 5.32 Å². The third kappa shape index (κ3) is 3.20. The quantitative estimate of drug-likeness (QED) is 0.674. The van der Waals surface area contributed by atoms with Crippen molar-refractivity contribution >= 4 is 27.3 Å². The molecule has 1 atom stereocenters. The second-order valence-electron chi connectivity index (χ2n) is 3.37. The number of nitrogens with zero attached hydrogens (tertiary/aromatic N) is 1. The first-order chi connectivity index (χ1) is 7.04. The number of hydrogen-bond donors (Lipinski definition) is 1. The van der Waals surface area contributed by atoms with Gasteiger partial charge in [-0.2, -0.15) is 0 Å². The topological polar surface area (TPSA) is 55.2 Å². The summed E-state index contributed by atoms with van der Waals surface area (Å²) in [5, 5.41) is 13.9. The zero-order valence-electron chi connectivity index (χ0n) is 8.66. The maximum absolute atomic E-state index is 10.8. The van der Waals surface area contributed by atoms with E-state index in [2.05, 4.69) is 21.2 Å². The van der Waals surface area contributed by atoms with Crippen molar-refractivity contribution in [2.75, 3.05) is 5.32 Å². The highest BCUT2D eigenvalue weighted by Gasteiger charge is 2.14. The van der Waals surface area contributed by atoms with Crippen LogP contribution in [0.25, 0.3) is 0 Å². The molecule has 0 amide bonds. The molecule has 0 unspecified atom stereocenters. The first-order valence-corrected chi connectivity index (χ1v) is 5.54. The number of anilines is 1. The Bertz CT molecular complexity index is 368. The molecule has 0 fully saturated rings. The smallest absolute Gasteiger partial charge is 0.293 e. The number of nitro benzene ring substituents is 1. The summed E-state index contributed by atoms with van der Waals surface area (Å²) in [6.45, 7) is 4.02. The van der Waals surface area contributed by atoms with E-state index in [1.54, 1.807) is 12.1 Å². The minimum atomic E-state index is -0.379. The fourth-order valence-electron chi connectivity index (χ4n) is 1.15. The molecule has 0 aliphatic rings. The fraction of sp³-hybridized carbons (Fsp3) is 0.400. The molecule has 0 aliphatic heterocycles. The third-order valence-electron chi connectivity index (χ3n) is 2.17. The number of hydrogen-bond acceptors (Lipinski definition) is 3. The SMILES string of the molecule is CC[C@H](C)Nc1ccc(Br)cc1[N+](=O)[O-]. The van der Waals surface area contributed by atoms with Crippen molar-refractivity contribution in [3.8, 4) is 0 Å². The van der Waals surface area contributed by atoms with Crippen LogP contribution in [0.15, 0.2) is 22.7 Å². The molecule has 15 heavy (non-hydrogen) atoms. The highest BCUT2D eigenvalue weighted by Crippen LogP contribution is 2.28. The average Bonchev–Trinajstić information content (AvgIpc) is 2.20. The van der Waals surface area contributed by atoms with E-state index in [4.69, 9.17) is 0 Å². The summed E-state index contributed by atoms with van der Waals surface area (Å²) in [7, 11) is 0. The highest BCUT2D eigenvalue weighted by atomic mass is 79.9. The Hall–Kier alpha value is -1.10. The molecule has 1 aromatic rings. The van der Waals surface area contributed by atoms with Crippen LogP contribution in [-0.2, 0) is 0 Å². The summed E-state index contributed by atoms with van der Waals surface area (Å²) < 4.78 is 0.712.